The largest absolute Gasteiger partial charge is 0.310 e. The first-order chi connectivity index (χ1) is 28.0. The zero-order valence-corrected chi connectivity index (χ0v) is 33.5. The Morgan fingerprint density at radius 2 is 1.11 bits per heavy atom. The summed E-state index contributed by atoms with van der Waals surface area (Å²) in [6.45, 7) is 4.72. The Labute approximate surface area is 339 Å². The SMILES string of the molecule is CC1(C)c2ccccc2-c2cc(N(c3ccc(-c4ccc(C5CCCCC5)cc4)cc3)c3cc4ccccc4cc3-c3ccc4c(c3)sc3ccccc34)ccc21. The molecule has 9 aromatic rings. The van der Waals surface area contributed by atoms with E-state index in [4.69, 9.17) is 0 Å². The van der Waals surface area contributed by atoms with E-state index in [-0.39, 0.29) is 5.41 Å². The van der Waals surface area contributed by atoms with E-state index in [1.807, 2.05) is 11.3 Å². The van der Waals surface area contributed by atoms with E-state index in [0.29, 0.717) is 5.92 Å². The van der Waals surface area contributed by atoms with Crippen molar-refractivity contribution in [3.63, 3.8) is 0 Å². The fourth-order valence-corrected chi connectivity index (χ4v) is 11.1. The molecule has 11 rings (SSSR count). The van der Waals surface area contributed by atoms with Crippen LogP contribution in [0.3, 0.4) is 0 Å². The van der Waals surface area contributed by atoms with Gasteiger partial charge >= 0.3 is 0 Å². The Balaban J connectivity index is 1.09. The molecular formula is C55H45NS. The van der Waals surface area contributed by atoms with Gasteiger partial charge in [0.05, 0.1) is 5.69 Å². The molecule has 0 atom stereocenters. The lowest BCUT2D eigenvalue weighted by Crippen LogP contribution is -2.15. The van der Waals surface area contributed by atoms with E-state index in [1.165, 1.54) is 119 Å². The minimum atomic E-state index is -0.0583. The number of anilines is 3. The third-order valence-electron chi connectivity index (χ3n) is 13.1. The molecule has 1 nitrogen and oxygen atoms in total. The molecule has 0 saturated heterocycles. The van der Waals surface area contributed by atoms with Crippen LogP contribution in [0.5, 0.6) is 0 Å². The van der Waals surface area contributed by atoms with E-state index in [1.54, 1.807) is 0 Å². The summed E-state index contributed by atoms with van der Waals surface area (Å²) in [5.74, 6) is 0.712. The molecule has 2 aliphatic carbocycles. The predicted molar refractivity (Wildman–Crippen MR) is 246 cm³/mol. The lowest BCUT2D eigenvalue weighted by molar-refractivity contribution is 0.443. The smallest absolute Gasteiger partial charge is 0.0546 e. The number of thiophene rings is 1. The molecular weight excluding hydrogens is 707 g/mol. The van der Waals surface area contributed by atoms with Crippen LogP contribution in [0.15, 0.2) is 170 Å². The summed E-state index contributed by atoms with van der Waals surface area (Å²) in [6, 6.07) is 64.3. The van der Waals surface area contributed by atoms with Crippen LogP contribution in [-0.2, 0) is 5.41 Å². The zero-order valence-electron chi connectivity index (χ0n) is 32.6. The molecule has 276 valence electrons. The quantitative estimate of drug-likeness (QED) is 0.164. The van der Waals surface area contributed by atoms with Crippen LogP contribution in [0.1, 0.15) is 68.6 Å². The second-order valence-electron chi connectivity index (χ2n) is 16.8. The van der Waals surface area contributed by atoms with E-state index in [9.17, 15) is 0 Å². The molecule has 0 radical (unpaired) electrons. The Bertz CT molecular complexity index is 2960. The van der Waals surface area contributed by atoms with E-state index >= 15 is 0 Å². The highest BCUT2D eigenvalue weighted by molar-refractivity contribution is 7.25. The van der Waals surface area contributed by atoms with Crippen LogP contribution in [0, 0.1) is 0 Å². The van der Waals surface area contributed by atoms with Crippen molar-refractivity contribution in [2.45, 2.75) is 57.3 Å². The number of rotatable bonds is 6. The molecule has 1 aromatic heterocycles. The molecule has 0 unspecified atom stereocenters. The predicted octanol–water partition coefficient (Wildman–Crippen LogP) is 16.4. The highest BCUT2D eigenvalue weighted by atomic mass is 32.1. The first-order valence-electron chi connectivity index (χ1n) is 20.7. The molecule has 1 saturated carbocycles. The molecule has 0 aliphatic heterocycles. The number of hydrogen-bond donors (Lipinski definition) is 0. The molecule has 8 aromatic carbocycles. The van der Waals surface area contributed by atoms with Gasteiger partial charge in [0.1, 0.15) is 0 Å². The van der Waals surface area contributed by atoms with Gasteiger partial charge in [-0.3, -0.25) is 0 Å². The average molecular weight is 752 g/mol. The Morgan fingerprint density at radius 1 is 0.474 bits per heavy atom. The monoisotopic (exact) mass is 751 g/mol. The lowest BCUT2D eigenvalue weighted by Gasteiger charge is -2.30. The van der Waals surface area contributed by atoms with E-state index in [0.717, 1.165) is 11.4 Å². The molecule has 1 heterocycles. The summed E-state index contributed by atoms with van der Waals surface area (Å²) < 4.78 is 2.64. The Hall–Kier alpha value is -5.96. The summed E-state index contributed by atoms with van der Waals surface area (Å²) in [4.78, 5) is 2.50. The van der Waals surface area contributed by atoms with E-state index in [2.05, 4.69) is 189 Å². The first-order valence-corrected chi connectivity index (χ1v) is 21.5. The van der Waals surface area contributed by atoms with Crippen molar-refractivity contribution in [3.05, 3.63) is 187 Å². The summed E-state index contributed by atoms with van der Waals surface area (Å²) in [5.41, 5.74) is 15.3. The van der Waals surface area contributed by atoms with Gasteiger partial charge in [-0.2, -0.15) is 0 Å². The molecule has 0 spiro atoms. The topological polar surface area (TPSA) is 3.24 Å². The van der Waals surface area contributed by atoms with Crippen molar-refractivity contribution in [2.75, 3.05) is 4.90 Å². The molecule has 0 amide bonds. The number of benzene rings is 8. The van der Waals surface area contributed by atoms with Crippen LogP contribution in [0.25, 0.3) is 64.3 Å². The molecule has 0 N–H and O–H groups in total. The maximum atomic E-state index is 2.50. The molecule has 2 heteroatoms. The molecule has 1 fully saturated rings. The van der Waals surface area contributed by atoms with Crippen molar-refractivity contribution in [3.8, 4) is 33.4 Å². The minimum Gasteiger partial charge on any atom is -0.310 e. The zero-order chi connectivity index (χ0) is 38.1. The second-order valence-corrected chi connectivity index (χ2v) is 17.8. The van der Waals surface area contributed by atoms with Crippen molar-refractivity contribution in [2.24, 2.45) is 0 Å². The van der Waals surface area contributed by atoms with Gasteiger partial charge in [0.2, 0.25) is 0 Å². The normalized spacial score (nSPS) is 14.9. The standard InChI is InChI=1S/C55H45NS/c1-55(2)50-18-10-8-16-45(50)49-35-44(29-31-51(49)55)56(43-27-24-39(25-28-43)38-22-20-37(21-23-38)36-12-4-3-5-13-36)52-33-41-15-7-6-14-40(41)32-48(52)42-26-30-47-46-17-9-11-19-53(46)57-54(47)34-42/h6-11,14-36H,3-5,12-13H2,1-2H3. The fraction of sp³-hybridized carbons (Fsp3) is 0.164. The Kier molecular flexibility index (Phi) is 8.19. The van der Waals surface area contributed by atoms with Gasteiger partial charge in [0.15, 0.2) is 0 Å². The summed E-state index contributed by atoms with van der Waals surface area (Å²) in [6.07, 6.45) is 6.75. The first kappa shape index (κ1) is 34.3. The van der Waals surface area contributed by atoms with Crippen molar-refractivity contribution in [1.29, 1.82) is 0 Å². The van der Waals surface area contributed by atoms with Crippen LogP contribution in [-0.4, -0.2) is 0 Å². The average Bonchev–Trinajstić information content (AvgIpc) is 3.75. The van der Waals surface area contributed by atoms with Gasteiger partial charge in [0.25, 0.3) is 0 Å². The van der Waals surface area contributed by atoms with Gasteiger partial charge in [-0.05, 0) is 123 Å². The van der Waals surface area contributed by atoms with Crippen LogP contribution in [0.4, 0.5) is 17.1 Å². The maximum absolute atomic E-state index is 2.50. The minimum absolute atomic E-state index is 0.0583. The van der Waals surface area contributed by atoms with Crippen molar-refractivity contribution >= 4 is 59.3 Å². The third-order valence-corrected chi connectivity index (χ3v) is 14.2. The molecule has 0 bridgehead atoms. The third kappa shape index (κ3) is 5.81. The van der Waals surface area contributed by atoms with Gasteiger partial charge in [-0.25, -0.2) is 0 Å². The second kappa shape index (κ2) is 13.6. The van der Waals surface area contributed by atoms with Crippen molar-refractivity contribution in [1.82, 2.24) is 0 Å². The number of fused-ring (bicyclic) bond motifs is 7. The molecule has 57 heavy (non-hydrogen) atoms. The fourth-order valence-electron chi connectivity index (χ4n) is 10.00. The van der Waals surface area contributed by atoms with Crippen LogP contribution < -0.4 is 4.90 Å². The highest BCUT2D eigenvalue weighted by Crippen LogP contribution is 2.52. The number of hydrogen-bond acceptors (Lipinski definition) is 2. The van der Waals surface area contributed by atoms with E-state index < -0.39 is 0 Å². The van der Waals surface area contributed by atoms with Crippen molar-refractivity contribution < 1.29 is 0 Å². The Morgan fingerprint density at radius 3 is 1.91 bits per heavy atom. The molecule has 2 aliphatic rings. The maximum Gasteiger partial charge on any atom is 0.0546 e. The summed E-state index contributed by atoms with van der Waals surface area (Å²) in [5, 5.41) is 5.12. The van der Waals surface area contributed by atoms with Gasteiger partial charge in [0, 0.05) is 42.5 Å². The van der Waals surface area contributed by atoms with Gasteiger partial charge in [-0.1, -0.05) is 154 Å². The van der Waals surface area contributed by atoms with Crippen LogP contribution >= 0.6 is 11.3 Å². The highest BCUT2D eigenvalue weighted by Gasteiger charge is 2.35. The van der Waals surface area contributed by atoms with Gasteiger partial charge < -0.3 is 4.90 Å². The summed E-state index contributed by atoms with van der Waals surface area (Å²) in [7, 11) is 0. The lowest BCUT2D eigenvalue weighted by atomic mass is 9.82. The van der Waals surface area contributed by atoms with Gasteiger partial charge in [-0.15, -0.1) is 11.3 Å². The van der Waals surface area contributed by atoms with Crippen LogP contribution in [0.2, 0.25) is 0 Å². The number of nitrogens with zero attached hydrogens (tertiary/aromatic N) is 1. The summed E-state index contributed by atoms with van der Waals surface area (Å²) >= 11 is 1.88.